The molecular weight excluding hydrogens is 284 g/mol. The van der Waals surface area contributed by atoms with E-state index in [0.29, 0.717) is 13.2 Å². The number of amides is 1. The third-order valence-corrected chi connectivity index (χ3v) is 3.40. The highest BCUT2D eigenvalue weighted by Crippen LogP contribution is 2.15. The van der Waals surface area contributed by atoms with Gasteiger partial charge in [0.05, 0.1) is 13.2 Å². The normalized spacial score (nSPS) is 21.4. The molecule has 0 saturated carbocycles. The number of morpholine rings is 1. The highest BCUT2D eigenvalue weighted by Gasteiger charge is 2.27. The molecule has 0 bridgehead atoms. The lowest BCUT2D eigenvalue weighted by atomic mass is 10.1. The van der Waals surface area contributed by atoms with Crippen molar-refractivity contribution < 1.29 is 9.53 Å². The Labute approximate surface area is 109 Å². The number of benzene rings is 1. The van der Waals surface area contributed by atoms with Gasteiger partial charge in [0, 0.05) is 17.6 Å². The van der Waals surface area contributed by atoms with Crippen molar-refractivity contribution in [3.63, 3.8) is 0 Å². The lowest BCUT2D eigenvalue weighted by molar-refractivity contribution is -0.129. The van der Waals surface area contributed by atoms with E-state index >= 15 is 0 Å². The maximum atomic E-state index is 11.3. The van der Waals surface area contributed by atoms with Crippen molar-refractivity contribution >= 4 is 21.8 Å². The second-order valence-electron chi connectivity index (χ2n) is 4.09. The van der Waals surface area contributed by atoms with Gasteiger partial charge in [-0.15, -0.1) is 0 Å². The van der Waals surface area contributed by atoms with Crippen molar-refractivity contribution in [2.45, 2.75) is 12.6 Å². The molecule has 2 rings (SSSR count). The van der Waals surface area contributed by atoms with Crippen molar-refractivity contribution in [1.29, 1.82) is 0 Å². The third-order valence-electron chi connectivity index (χ3n) is 2.87. The van der Waals surface area contributed by atoms with Gasteiger partial charge in [-0.1, -0.05) is 28.1 Å². The average molecular weight is 299 g/mol. The molecule has 1 aliphatic heterocycles. The average Bonchev–Trinajstić information content (AvgIpc) is 2.32. The molecule has 0 aliphatic carbocycles. The van der Waals surface area contributed by atoms with E-state index < -0.39 is 0 Å². The standard InChI is InChI=1S/C12H15BrN2O2/c13-10-3-1-9(2-4-10)7-15-5-6-17-8-11(15)12(14)16/h1-4,11H,5-8H2,(H2,14,16). The Morgan fingerprint density at radius 2 is 2.18 bits per heavy atom. The van der Waals surface area contributed by atoms with Gasteiger partial charge in [0.2, 0.25) is 5.91 Å². The molecule has 1 aromatic rings. The predicted octanol–water partition coefficient (Wildman–Crippen LogP) is 1.14. The lowest BCUT2D eigenvalue weighted by Gasteiger charge is -2.33. The number of carbonyl (C=O) groups is 1. The second kappa shape index (κ2) is 5.62. The molecule has 2 N–H and O–H groups in total. The maximum Gasteiger partial charge on any atom is 0.237 e. The molecule has 5 heteroatoms. The van der Waals surface area contributed by atoms with Gasteiger partial charge < -0.3 is 10.5 Å². The quantitative estimate of drug-likeness (QED) is 0.910. The fraction of sp³-hybridized carbons (Fsp3) is 0.417. The zero-order chi connectivity index (χ0) is 12.3. The number of nitrogens with two attached hydrogens (primary N) is 1. The summed E-state index contributed by atoms with van der Waals surface area (Å²) in [7, 11) is 0. The van der Waals surface area contributed by atoms with Crippen LogP contribution in [0.25, 0.3) is 0 Å². The summed E-state index contributed by atoms with van der Waals surface area (Å²) in [5.41, 5.74) is 6.54. The van der Waals surface area contributed by atoms with Crippen molar-refractivity contribution in [2.24, 2.45) is 5.73 Å². The molecule has 1 saturated heterocycles. The van der Waals surface area contributed by atoms with E-state index in [4.69, 9.17) is 10.5 Å². The number of ether oxygens (including phenoxy) is 1. The van der Waals surface area contributed by atoms with Crippen LogP contribution in [0.4, 0.5) is 0 Å². The van der Waals surface area contributed by atoms with Crippen LogP contribution in [-0.2, 0) is 16.1 Å². The van der Waals surface area contributed by atoms with Crippen LogP contribution in [0.5, 0.6) is 0 Å². The van der Waals surface area contributed by atoms with E-state index in [0.717, 1.165) is 17.6 Å². The molecule has 0 aromatic heterocycles. The van der Waals surface area contributed by atoms with Gasteiger partial charge in [0.15, 0.2) is 0 Å². The van der Waals surface area contributed by atoms with Gasteiger partial charge in [-0.3, -0.25) is 9.69 Å². The molecule has 0 radical (unpaired) electrons. The molecule has 1 atom stereocenters. The molecule has 1 aromatic carbocycles. The minimum atomic E-state index is -0.318. The Bertz CT molecular complexity index is 394. The molecule has 17 heavy (non-hydrogen) atoms. The van der Waals surface area contributed by atoms with E-state index in [1.165, 1.54) is 5.56 Å². The summed E-state index contributed by atoms with van der Waals surface area (Å²) in [5, 5.41) is 0. The lowest BCUT2D eigenvalue weighted by Crippen LogP contribution is -2.51. The smallest absolute Gasteiger partial charge is 0.237 e. The summed E-state index contributed by atoms with van der Waals surface area (Å²) in [4.78, 5) is 13.4. The maximum absolute atomic E-state index is 11.3. The van der Waals surface area contributed by atoms with Crippen LogP contribution in [0.3, 0.4) is 0 Å². The van der Waals surface area contributed by atoms with Crippen LogP contribution in [0.1, 0.15) is 5.56 Å². The van der Waals surface area contributed by atoms with Crippen LogP contribution < -0.4 is 5.73 Å². The fourth-order valence-electron chi connectivity index (χ4n) is 1.91. The number of hydrogen-bond acceptors (Lipinski definition) is 3. The number of halogens is 1. The van der Waals surface area contributed by atoms with E-state index in [9.17, 15) is 4.79 Å². The summed E-state index contributed by atoms with van der Waals surface area (Å²) in [5.74, 6) is -0.318. The van der Waals surface area contributed by atoms with Gasteiger partial charge in [-0.05, 0) is 17.7 Å². The van der Waals surface area contributed by atoms with Crippen molar-refractivity contribution in [2.75, 3.05) is 19.8 Å². The van der Waals surface area contributed by atoms with Crippen LogP contribution >= 0.6 is 15.9 Å². The number of nitrogens with zero attached hydrogens (tertiary/aromatic N) is 1. The zero-order valence-corrected chi connectivity index (χ0v) is 11.0. The fourth-order valence-corrected chi connectivity index (χ4v) is 2.18. The Balaban J connectivity index is 2.05. The van der Waals surface area contributed by atoms with Crippen LogP contribution in [-0.4, -0.2) is 36.6 Å². The highest BCUT2D eigenvalue weighted by atomic mass is 79.9. The Kier molecular flexibility index (Phi) is 4.15. The SMILES string of the molecule is NC(=O)C1COCCN1Cc1ccc(Br)cc1. The van der Waals surface area contributed by atoms with Crippen LogP contribution in [0.2, 0.25) is 0 Å². The van der Waals surface area contributed by atoms with Gasteiger partial charge in [0.25, 0.3) is 0 Å². The van der Waals surface area contributed by atoms with Crippen molar-refractivity contribution in [3.05, 3.63) is 34.3 Å². The van der Waals surface area contributed by atoms with E-state index in [1.807, 2.05) is 24.3 Å². The Morgan fingerprint density at radius 3 is 2.82 bits per heavy atom. The first-order valence-corrected chi connectivity index (χ1v) is 6.31. The molecule has 1 fully saturated rings. The largest absolute Gasteiger partial charge is 0.378 e. The summed E-state index contributed by atoms with van der Waals surface area (Å²) in [6, 6.07) is 7.76. The predicted molar refractivity (Wildman–Crippen MR) is 68.4 cm³/mol. The second-order valence-corrected chi connectivity index (χ2v) is 5.01. The van der Waals surface area contributed by atoms with Crippen LogP contribution in [0, 0.1) is 0 Å². The molecule has 1 aliphatic rings. The molecule has 1 unspecified atom stereocenters. The third kappa shape index (κ3) is 3.28. The highest BCUT2D eigenvalue weighted by molar-refractivity contribution is 9.10. The Hall–Kier alpha value is -0.910. The first kappa shape index (κ1) is 12.5. The molecule has 1 amide bonds. The first-order chi connectivity index (χ1) is 8.16. The molecule has 4 nitrogen and oxygen atoms in total. The number of hydrogen-bond donors (Lipinski definition) is 1. The molecule has 0 spiro atoms. The van der Waals surface area contributed by atoms with Gasteiger partial charge >= 0.3 is 0 Å². The molecular formula is C12H15BrN2O2. The summed E-state index contributed by atoms with van der Waals surface area (Å²) < 4.78 is 6.33. The minimum Gasteiger partial charge on any atom is -0.378 e. The summed E-state index contributed by atoms with van der Waals surface area (Å²) in [6.45, 7) is 2.51. The summed E-state index contributed by atoms with van der Waals surface area (Å²) in [6.07, 6.45) is 0. The monoisotopic (exact) mass is 298 g/mol. The summed E-state index contributed by atoms with van der Waals surface area (Å²) >= 11 is 3.40. The van der Waals surface area contributed by atoms with E-state index in [2.05, 4.69) is 20.8 Å². The van der Waals surface area contributed by atoms with E-state index in [-0.39, 0.29) is 11.9 Å². The minimum absolute atomic E-state index is 0.313. The van der Waals surface area contributed by atoms with Gasteiger partial charge in [0.1, 0.15) is 6.04 Å². The first-order valence-electron chi connectivity index (χ1n) is 5.52. The van der Waals surface area contributed by atoms with E-state index in [1.54, 1.807) is 0 Å². The molecule has 92 valence electrons. The van der Waals surface area contributed by atoms with Gasteiger partial charge in [-0.2, -0.15) is 0 Å². The topological polar surface area (TPSA) is 55.6 Å². The Morgan fingerprint density at radius 1 is 1.47 bits per heavy atom. The number of carbonyl (C=O) groups excluding carboxylic acids is 1. The number of primary amides is 1. The number of rotatable bonds is 3. The van der Waals surface area contributed by atoms with Crippen molar-refractivity contribution in [1.82, 2.24) is 4.90 Å². The van der Waals surface area contributed by atoms with Gasteiger partial charge in [-0.25, -0.2) is 0 Å². The zero-order valence-electron chi connectivity index (χ0n) is 9.43. The van der Waals surface area contributed by atoms with Crippen LogP contribution in [0.15, 0.2) is 28.7 Å². The molecule has 1 heterocycles. The van der Waals surface area contributed by atoms with Crippen molar-refractivity contribution in [3.8, 4) is 0 Å².